The Kier molecular flexibility index (Phi) is 7.17. The molecular weight excluding hydrogens is 468 g/mol. The van der Waals surface area contributed by atoms with Crippen LogP contribution in [-0.4, -0.2) is 93.8 Å². The van der Waals surface area contributed by atoms with Crippen LogP contribution < -0.4 is 5.32 Å². The highest BCUT2D eigenvalue weighted by molar-refractivity contribution is 8.03. The van der Waals surface area contributed by atoms with Gasteiger partial charge >= 0.3 is 5.97 Å². The minimum Gasteiger partial charge on any atom is -0.477 e. The zero-order valence-electron chi connectivity index (χ0n) is 20.8. The molecule has 3 aliphatic rings. The molecule has 190 valence electrons. The topological polar surface area (TPSA) is 113 Å². The summed E-state index contributed by atoms with van der Waals surface area (Å²) < 4.78 is 0. The number of hydrogen-bond acceptors (Lipinski definition) is 7. The summed E-state index contributed by atoms with van der Waals surface area (Å²) in [5, 5.41) is 23.2. The Morgan fingerprint density at radius 1 is 1.29 bits per heavy atom. The summed E-state index contributed by atoms with van der Waals surface area (Å²) in [7, 11) is 5.37. The molecule has 1 aromatic rings. The van der Waals surface area contributed by atoms with Crippen molar-refractivity contribution in [2.75, 3.05) is 33.0 Å². The number of likely N-dealkylation sites (N-methyl/N-ethyl adjacent to an activating group) is 1. The first-order valence-corrected chi connectivity index (χ1v) is 12.8. The fourth-order valence-corrected chi connectivity index (χ4v) is 7.21. The van der Waals surface area contributed by atoms with Gasteiger partial charge in [-0.2, -0.15) is 0 Å². The van der Waals surface area contributed by atoms with E-state index < -0.39 is 18.0 Å². The van der Waals surface area contributed by atoms with Crippen LogP contribution in [0.15, 0.2) is 34.9 Å². The molecule has 0 saturated carbocycles. The van der Waals surface area contributed by atoms with E-state index in [0.29, 0.717) is 24.4 Å². The predicted molar refractivity (Wildman–Crippen MR) is 135 cm³/mol. The van der Waals surface area contributed by atoms with Gasteiger partial charge in [0.15, 0.2) is 0 Å². The van der Waals surface area contributed by atoms with Crippen LogP contribution in [0.1, 0.15) is 25.8 Å². The summed E-state index contributed by atoms with van der Waals surface area (Å²) in [6, 6.07) is 7.33. The third kappa shape index (κ3) is 4.43. The van der Waals surface area contributed by atoms with Gasteiger partial charge in [0.1, 0.15) is 5.70 Å². The number of carboxylic acids is 1. The molecule has 0 aromatic heterocycles. The van der Waals surface area contributed by atoms with Gasteiger partial charge in [-0.25, -0.2) is 4.79 Å². The second-order valence-electron chi connectivity index (χ2n) is 9.83. The van der Waals surface area contributed by atoms with Crippen molar-refractivity contribution >= 4 is 35.2 Å². The van der Waals surface area contributed by atoms with Gasteiger partial charge in [-0.05, 0) is 25.0 Å². The van der Waals surface area contributed by atoms with Crippen LogP contribution >= 0.6 is 11.8 Å². The Bertz CT molecular complexity index is 1060. The fraction of sp³-hybridized carbons (Fsp3) is 0.560. The summed E-state index contributed by atoms with van der Waals surface area (Å²) in [5.41, 5.74) is 2.13. The Labute approximate surface area is 210 Å². The van der Waals surface area contributed by atoms with Gasteiger partial charge < -0.3 is 25.3 Å². The summed E-state index contributed by atoms with van der Waals surface area (Å²) in [6.45, 7) is 4.72. The summed E-state index contributed by atoms with van der Waals surface area (Å²) in [6.07, 6.45) is -0.243. The number of likely N-dealkylation sites (tertiary alicyclic amines) is 1. The highest BCUT2D eigenvalue weighted by atomic mass is 32.2. The maximum Gasteiger partial charge on any atom is 0.353 e. The second-order valence-corrected chi connectivity index (χ2v) is 11.2. The van der Waals surface area contributed by atoms with Crippen LogP contribution in [0, 0.1) is 11.8 Å². The van der Waals surface area contributed by atoms with Crippen LogP contribution in [0.25, 0.3) is 0 Å². The lowest BCUT2D eigenvalue weighted by atomic mass is 9.79. The third-order valence-corrected chi connectivity index (χ3v) is 8.85. The minimum absolute atomic E-state index is 0.00347. The number of para-hydroxylation sites is 1. The number of nitrogens with one attached hydrogen (secondary N) is 1. The summed E-state index contributed by atoms with van der Waals surface area (Å²) in [4.78, 5) is 43.7. The number of aliphatic hydroxyl groups excluding tert-OH is 1. The number of aliphatic hydroxyl groups is 1. The van der Waals surface area contributed by atoms with Crippen molar-refractivity contribution < 1.29 is 24.6 Å². The van der Waals surface area contributed by atoms with Crippen molar-refractivity contribution in [1.82, 2.24) is 14.7 Å². The monoisotopic (exact) mass is 502 g/mol. The fourth-order valence-electron chi connectivity index (χ4n) is 5.66. The van der Waals surface area contributed by atoms with Crippen molar-refractivity contribution in [2.24, 2.45) is 11.8 Å². The van der Waals surface area contributed by atoms with Gasteiger partial charge in [-0.3, -0.25) is 14.5 Å². The van der Waals surface area contributed by atoms with E-state index in [2.05, 4.69) is 10.2 Å². The SMILES string of the molecule is CNc1ccccc1CN1C[C@@H](SC2=C(C(=O)O)N3C(=O)[C@H]([C@@H](C)O)[C@H]3[C@H]2C)C[C@H]1C(=O)N(C)C. The number of aliphatic carboxylic acids is 1. The molecule has 2 amide bonds. The first kappa shape index (κ1) is 25.5. The maximum atomic E-state index is 13.1. The molecule has 0 unspecified atom stereocenters. The van der Waals surface area contributed by atoms with E-state index in [1.54, 1.807) is 25.9 Å². The van der Waals surface area contributed by atoms with Gasteiger partial charge in [0.05, 0.1) is 24.1 Å². The maximum absolute atomic E-state index is 13.1. The van der Waals surface area contributed by atoms with Crippen molar-refractivity contribution in [3.63, 3.8) is 0 Å². The average molecular weight is 503 g/mol. The molecule has 35 heavy (non-hydrogen) atoms. The van der Waals surface area contributed by atoms with Gasteiger partial charge in [-0.15, -0.1) is 11.8 Å². The molecule has 9 nitrogen and oxygen atoms in total. The zero-order chi connectivity index (χ0) is 25.6. The zero-order valence-corrected chi connectivity index (χ0v) is 21.6. The van der Waals surface area contributed by atoms with Crippen molar-refractivity contribution in [3.05, 3.63) is 40.4 Å². The molecule has 0 spiro atoms. The van der Waals surface area contributed by atoms with Gasteiger partial charge in [0.25, 0.3) is 0 Å². The lowest BCUT2D eigenvalue weighted by Crippen LogP contribution is -2.63. The van der Waals surface area contributed by atoms with E-state index in [1.165, 1.54) is 16.7 Å². The average Bonchev–Trinajstić information content (AvgIpc) is 3.30. The smallest absolute Gasteiger partial charge is 0.353 e. The first-order valence-electron chi connectivity index (χ1n) is 11.9. The van der Waals surface area contributed by atoms with Crippen molar-refractivity contribution in [2.45, 2.75) is 50.3 Å². The molecule has 2 saturated heterocycles. The minimum atomic E-state index is -1.13. The molecule has 3 aliphatic heterocycles. The number of hydrogen-bond donors (Lipinski definition) is 3. The lowest BCUT2D eigenvalue weighted by Gasteiger charge is -2.46. The Hall–Kier alpha value is -2.56. The van der Waals surface area contributed by atoms with Crippen LogP contribution in [0.5, 0.6) is 0 Å². The second kappa shape index (κ2) is 9.83. The Morgan fingerprint density at radius 2 is 1.97 bits per heavy atom. The quantitative estimate of drug-likeness (QED) is 0.460. The van der Waals surface area contributed by atoms with E-state index >= 15 is 0 Å². The number of carbonyl (C=O) groups is 3. The summed E-state index contributed by atoms with van der Waals surface area (Å²) in [5.74, 6) is -2.21. The number of fused-ring (bicyclic) bond motifs is 1. The molecule has 0 aliphatic carbocycles. The highest BCUT2D eigenvalue weighted by Gasteiger charge is 2.60. The lowest BCUT2D eigenvalue weighted by molar-refractivity contribution is -0.163. The molecule has 10 heteroatoms. The molecule has 6 atom stereocenters. The van der Waals surface area contributed by atoms with Crippen LogP contribution in [0.4, 0.5) is 5.69 Å². The molecule has 0 bridgehead atoms. The molecule has 4 rings (SSSR count). The number of benzene rings is 1. The van der Waals surface area contributed by atoms with Crippen LogP contribution in [0.3, 0.4) is 0 Å². The van der Waals surface area contributed by atoms with Crippen molar-refractivity contribution in [1.29, 1.82) is 0 Å². The summed E-state index contributed by atoms with van der Waals surface area (Å²) >= 11 is 1.48. The van der Waals surface area contributed by atoms with E-state index in [9.17, 15) is 24.6 Å². The molecule has 2 fully saturated rings. The van der Waals surface area contributed by atoms with Gasteiger partial charge in [0.2, 0.25) is 11.8 Å². The normalized spacial score (nSPS) is 29.1. The van der Waals surface area contributed by atoms with Gasteiger partial charge in [0, 0.05) is 56.0 Å². The number of anilines is 1. The third-order valence-electron chi connectivity index (χ3n) is 7.36. The largest absolute Gasteiger partial charge is 0.477 e. The predicted octanol–water partition coefficient (Wildman–Crippen LogP) is 1.65. The van der Waals surface area contributed by atoms with Gasteiger partial charge in [-0.1, -0.05) is 25.1 Å². The number of carboxylic acid groups (broad SMARTS) is 1. The Balaban J connectivity index is 1.59. The van der Waals surface area contributed by atoms with Crippen LogP contribution in [-0.2, 0) is 20.9 Å². The van der Waals surface area contributed by atoms with E-state index in [0.717, 1.165) is 11.3 Å². The number of amides is 2. The highest BCUT2D eigenvalue weighted by Crippen LogP contribution is 2.52. The standard InChI is InChI=1S/C25H34N4O5S/c1-13-20-19(14(2)30)24(32)29(20)21(25(33)34)22(13)35-16-10-18(23(31)27(4)5)28(12-16)11-15-8-6-7-9-17(15)26-3/h6-9,13-14,16,18-20,26,30H,10-12H2,1-5H3,(H,33,34)/t13-,14-,16+,18+,19-,20-/m1/s1. The van der Waals surface area contributed by atoms with E-state index in [-0.39, 0.29) is 40.8 Å². The number of nitrogens with zero attached hydrogens (tertiary/aromatic N) is 3. The van der Waals surface area contributed by atoms with Crippen molar-refractivity contribution in [3.8, 4) is 0 Å². The molecular formula is C25H34N4O5S. The van der Waals surface area contributed by atoms with Crippen LogP contribution in [0.2, 0.25) is 0 Å². The first-order chi connectivity index (χ1) is 16.6. The van der Waals surface area contributed by atoms with E-state index in [4.69, 9.17) is 0 Å². The number of thioether (sulfide) groups is 1. The number of carbonyl (C=O) groups excluding carboxylic acids is 2. The molecule has 3 heterocycles. The Morgan fingerprint density at radius 3 is 2.57 bits per heavy atom. The molecule has 3 N–H and O–H groups in total. The van der Waals surface area contributed by atoms with E-state index in [1.807, 2.05) is 38.2 Å². The molecule has 1 aromatic carbocycles. The molecule has 0 radical (unpaired) electrons. The number of β-lactam (4-membered cyclic amide) rings is 1. The number of rotatable bonds is 8.